The molecule has 1 aliphatic heterocycles. The molecule has 1 rings (SSSR count). The van der Waals surface area contributed by atoms with Gasteiger partial charge >= 0.3 is 0 Å². The maximum Gasteiger partial charge on any atom is 0.0320 e. The van der Waals surface area contributed by atoms with Crippen LogP contribution in [0.4, 0.5) is 0 Å². The van der Waals surface area contributed by atoms with Gasteiger partial charge in [-0.3, -0.25) is 4.90 Å². The Morgan fingerprint density at radius 2 is 2.33 bits per heavy atom. The third-order valence-corrected chi connectivity index (χ3v) is 2.35. The van der Waals surface area contributed by atoms with Crippen LogP contribution in [0.15, 0.2) is 0 Å². The molecule has 0 aliphatic carbocycles. The van der Waals surface area contributed by atoms with E-state index in [1.165, 1.54) is 13.1 Å². The molecule has 2 atom stereocenters. The Balaban J connectivity index is 2.05. The first kappa shape index (κ1) is 7.55. The first-order chi connectivity index (χ1) is 4.24. The van der Waals surface area contributed by atoms with Gasteiger partial charge in [-0.2, -0.15) is 0 Å². The van der Waals surface area contributed by atoms with Crippen LogP contribution in [0.1, 0.15) is 13.8 Å². The molecule has 0 aromatic heterocycles. The number of hydrogen-bond acceptors (Lipinski definition) is 1. The van der Waals surface area contributed by atoms with Crippen LogP contribution in [0.3, 0.4) is 0 Å². The topological polar surface area (TPSA) is 3.01 Å². The zero-order chi connectivity index (χ0) is 6.85. The summed E-state index contributed by atoms with van der Waals surface area (Å²) < 4.78 is 0. The molecule has 0 aromatic rings. The van der Waals surface area contributed by atoms with E-state index >= 15 is 0 Å². The van der Waals surface area contributed by atoms with Crippen LogP contribution in [0, 0.1) is 5.92 Å². The molecule has 9 heavy (non-hydrogen) atoms. The molecule has 1 saturated heterocycles. The van der Waals surface area contributed by atoms with Crippen molar-refractivity contribution in [3.8, 4) is 0 Å². The van der Waals surface area contributed by atoms with Crippen molar-refractivity contribution in [2.45, 2.75) is 19.9 Å². The smallest absolute Gasteiger partial charge is 0.0320 e. The minimum absolute atomic E-state index is 0.828. The van der Waals surface area contributed by atoms with E-state index < -0.39 is 0 Å². The first-order valence-electron chi connectivity index (χ1n) is 3.54. The van der Waals surface area contributed by atoms with Gasteiger partial charge in [0.2, 0.25) is 0 Å². The highest BCUT2D eigenvalue weighted by Gasteiger charge is 2.32. The van der Waals surface area contributed by atoms with Crippen molar-refractivity contribution in [2.24, 2.45) is 5.92 Å². The molecule has 54 valence electrons. The Morgan fingerprint density at radius 3 is 2.67 bits per heavy atom. The molecular weight excluding hydrogens is 178 g/mol. The van der Waals surface area contributed by atoms with Crippen LogP contribution < -0.4 is 0 Å². The fraction of sp³-hybridized carbons (Fsp3) is 1.00. The van der Waals surface area contributed by atoms with Gasteiger partial charge in [-0.15, -0.1) is 0 Å². The van der Waals surface area contributed by atoms with Gasteiger partial charge in [0.1, 0.15) is 0 Å². The lowest BCUT2D eigenvalue weighted by Crippen LogP contribution is -2.10. The Kier molecular flexibility index (Phi) is 2.53. The maximum absolute atomic E-state index is 3.46. The third-order valence-electron chi connectivity index (χ3n) is 1.61. The lowest BCUT2D eigenvalue weighted by Gasteiger charge is -2.04. The van der Waals surface area contributed by atoms with Crippen LogP contribution in [-0.4, -0.2) is 29.4 Å². The third kappa shape index (κ3) is 2.26. The molecule has 2 heteroatoms. The van der Waals surface area contributed by atoms with Gasteiger partial charge in [0.25, 0.3) is 0 Å². The second-order valence-electron chi connectivity index (χ2n) is 3.16. The molecule has 1 heterocycles. The van der Waals surface area contributed by atoms with Crippen molar-refractivity contribution in [1.29, 1.82) is 0 Å². The number of halogens is 1. The van der Waals surface area contributed by atoms with Gasteiger partial charge in [-0.05, 0) is 5.92 Å². The Bertz CT molecular complexity index is 92.9. The van der Waals surface area contributed by atoms with Crippen molar-refractivity contribution in [2.75, 3.05) is 18.4 Å². The fourth-order valence-electron chi connectivity index (χ4n) is 1.06. The summed E-state index contributed by atoms with van der Waals surface area (Å²) in [5, 5.41) is 1.15. The van der Waals surface area contributed by atoms with Crippen LogP contribution >= 0.6 is 15.9 Å². The first-order valence-corrected chi connectivity index (χ1v) is 4.66. The Hall–Kier alpha value is 0.440. The zero-order valence-corrected chi connectivity index (χ0v) is 7.69. The monoisotopic (exact) mass is 191 g/mol. The van der Waals surface area contributed by atoms with Gasteiger partial charge in [-0.25, -0.2) is 0 Å². The molecule has 0 saturated carbocycles. The maximum atomic E-state index is 3.46. The van der Waals surface area contributed by atoms with E-state index in [9.17, 15) is 0 Å². The number of hydrogen-bond donors (Lipinski definition) is 0. The molecular formula is C7H14BrN. The van der Waals surface area contributed by atoms with Crippen LogP contribution in [0.25, 0.3) is 0 Å². The van der Waals surface area contributed by atoms with Crippen LogP contribution in [0.2, 0.25) is 0 Å². The quantitative estimate of drug-likeness (QED) is 0.486. The van der Waals surface area contributed by atoms with Gasteiger partial charge in [0.15, 0.2) is 0 Å². The number of nitrogens with zero attached hydrogens (tertiary/aromatic N) is 1. The minimum atomic E-state index is 0.828. The largest absolute Gasteiger partial charge is 0.296 e. The lowest BCUT2D eigenvalue weighted by molar-refractivity contribution is 0.436. The molecule has 0 amide bonds. The predicted molar refractivity (Wildman–Crippen MR) is 44.0 cm³/mol. The molecule has 0 N–H and O–H groups in total. The van der Waals surface area contributed by atoms with Gasteiger partial charge in [0, 0.05) is 24.5 Å². The van der Waals surface area contributed by atoms with E-state index in [4.69, 9.17) is 0 Å². The predicted octanol–water partition coefficient (Wildman–Crippen LogP) is 1.72. The summed E-state index contributed by atoms with van der Waals surface area (Å²) in [6, 6.07) is 0.854. The summed E-state index contributed by atoms with van der Waals surface area (Å²) in [6.07, 6.45) is 0. The fourth-order valence-corrected chi connectivity index (χ4v) is 1.68. The zero-order valence-electron chi connectivity index (χ0n) is 6.10. The summed E-state index contributed by atoms with van der Waals surface area (Å²) in [5.74, 6) is 0.828. The van der Waals surface area contributed by atoms with Gasteiger partial charge in [0.05, 0.1) is 0 Å². The molecule has 1 unspecified atom stereocenters. The Morgan fingerprint density at radius 1 is 1.67 bits per heavy atom. The van der Waals surface area contributed by atoms with Crippen LogP contribution in [-0.2, 0) is 0 Å². The summed E-state index contributed by atoms with van der Waals surface area (Å²) in [6.45, 7) is 7.12. The molecule has 1 fully saturated rings. The summed E-state index contributed by atoms with van der Waals surface area (Å²) in [7, 11) is 0. The van der Waals surface area contributed by atoms with Crippen molar-refractivity contribution in [3.05, 3.63) is 0 Å². The van der Waals surface area contributed by atoms with E-state index in [2.05, 4.69) is 34.7 Å². The molecule has 1 nitrogen and oxygen atoms in total. The molecule has 1 aliphatic rings. The summed E-state index contributed by atoms with van der Waals surface area (Å²) in [5.41, 5.74) is 0. The highest BCUT2D eigenvalue weighted by atomic mass is 79.9. The second-order valence-corrected chi connectivity index (χ2v) is 3.80. The average Bonchev–Trinajstić information content (AvgIpc) is 2.45. The van der Waals surface area contributed by atoms with Crippen molar-refractivity contribution < 1.29 is 0 Å². The second kappa shape index (κ2) is 3.02. The van der Waals surface area contributed by atoms with E-state index in [0.29, 0.717) is 0 Å². The molecule has 0 aromatic carbocycles. The summed E-state index contributed by atoms with van der Waals surface area (Å²) in [4.78, 5) is 2.50. The van der Waals surface area contributed by atoms with E-state index in [1.54, 1.807) is 0 Å². The van der Waals surface area contributed by atoms with E-state index in [0.717, 1.165) is 17.3 Å². The minimum Gasteiger partial charge on any atom is -0.296 e. The summed E-state index contributed by atoms with van der Waals surface area (Å²) >= 11 is 3.46. The molecule has 0 spiro atoms. The average molecular weight is 192 g/mol. The van der Waals surface area contributed by atoms with Crippen molar-refractivity contribution >= 4 is 15.9 Å². The number of rotatable bonds is 3. The van der Waals surface area contributed by atoms with E-state index in [1.807, 2.05) is 0 Å². The van der Waals surface area contributed by atoms with Crippen molar-refractivity contribution in [1.82, 2.24) is 4.90 Å². The van der Waals surface area contributed by atoms with Gasteiger partial charge in [-0.1, -0.05) is 29.8 Å². The number of alkyl halides is 1. The highest BCUT2D eigenvalue weighted by Crippen LogP contribution is 2.20. The van der Waals surface area contributed by atoms with Gasteiger partial charge < -0.3 is 0 Å². The molecule has 0 radical (unpaired) electrons. The molecule has 0 bridgehead atoms. The normalized spacial score (nSPS) is 33.3. The standard InChI is InChI=1S/C7H14BrN/c1-6(2)4-9-5-7(9)3-8/h6-7H,3-5H2,1-2H3/t7-,9?/m0/s1. The highest BCUT2D eigenvalue weighted by molar-refractivity contribution is 9.09. The SMILES string of the molecule is CC(C)CN1C[C@@H]1CBr. The lowest BCUT2D eigenvalue weighted by atomic mass is 10.2. The Labute approximate surface area is 65.6 Å². The van der Waals surface area contributed by atoms with Crippen LogP contribution in [0.5, 0.6) is 0 Å². The van der Waals surface area contributed by atoms with Crippen molar-refractivity contribution in [3.63, 3.8) is 0 Å². The van der Waals surface area contributed by atoms with E-state index in [-0.39, 0.29) is 0 Å².